The van der Waals surface area contributed by atoms with Gasteiger partial charge in [0.25, 0.3) is 0 Å². The number of fused-ring (bicyclic) bond motifs is 2. The molecule has 4 N–H and O–H groups in total. The Labute approximate surface area is 236 Å². The Kier molecular flexibility index (Phi) is 6.42. The third-order valence-electron chi connectivity index (χ3n) is 8.01. The fourth-order valence-electron chi connectivity index (χ4n) is 5.49. The minimum absolute atomic E-state index is 0.0105. The van der Waals surface area contributed by atoms with Gasteiger partial charge in [0.05, 0.1) is 35.6 Å². The molecule has 0 spiro atoms. The molecule has 1 saturated heterocycles. The first-order chi connectivity index (χ1) is 19.2. The molecule has 0 radical (unpaired) electrons. The zero-order valence-electron chi connectivity index (χ0n) is 22.5. The average molecular weight is 560 g/mol. The number of nitrogens with zero attached hydrogens (tertiary/aromatic N) is 6. The monoisotopic (exact) mass is 559 g/mol. The Bertz CT molecular complexity index is 1660. The Morgan fingerprint density at radius 1 is 1.25 bits per heavy atom. The molecular formula is C28H30ClN9O2. The molecule has 0 bridgehead atoms. The number of aliphatic hydroxyl groups is 1. The molecule has 3 aromatic heterocycles. The Hall–Kier alpha value is -4.09. The predicted octanol–water partition coefficient (Wildman–Crippen LogP) is 4.08. The van der Waals surface area contributed by atoms with Crippen LogP contribution < -0.4 is 15.1 Å². The number of amidine groups is 1. The Morgan fingerprint density at radius 2 is 2.02 bits per heavy atom. The van der Waals surface area contributed by atoms with Crippen LogP contribution in [0.25, 0.3) is 22.4 Å². The molecule has 5 heterocycles. The molecule has 2 aliphatic rings. The summed E-state index contributed by atoms with van der Waals surface area (Å²) in [6, 6.07) is 5.71. The molecule has 0 unspecified atom stereocenters. The van der Waals surface area contributed by atoms with Gasteiger partial charge >= 0.3 is 0 Å². The highest BCUT2D eigenvalue weighted by Gasteiger charge is 2.36. The summed E-state index contributed by atoms with van der Waals surface area (Å²) in [6.45, 7) is 5.08. The molecule has 0 atom stereocenters. The number of aryl methyl sites for hydroxylation is 1. The van der Waals surface area contributed by atoms with E-state index in [1.807, 2.05) is 25.1 Å². The SMILES string of the molecule is Cc1cncc(NC(=N)C2(C)CCN(c3nc4[nH]nc(-c5ccc6c(c5Cl)N(C)C(=O)C6)c4nc3CO)CC2)c1. The van der Waals surface area contributed by atoms with Gasteiger partial charge in [-0.05, 0) is 37.0 Å². The third kappa shape index (κ3) is 4.35. The topological polar surface area (TPSA) is 147 Å². The van der Waals surface area contributed by atoms with Gasteiger partial charge in [-0.25, -0.2) is 9.97 Å². The quantitative estimate of drug-likeness (QED) is 0.211. The lowest BCUT2D eigenvalue weighted by Gasteiger charge is -2.40. The van der Waals surface area contributed by atoms with Crippen LogP contribution in [0.1, 0.15) is 36.6 Å². The van der Waals surface area contributed by atoms with Crippen LogP contribution in [-0.4, -0.2) is 62.1 Å². The molecule has 2 aliphatic heterocycles. The lowest BCUT2D eigenvalue weighted by atomic mass is 9.79. The highest BCUT2D eigenvalue weighted by atomic mass is 35.5. The number of anilines is 3. The number of amides is 1. The molecule has 1 amide bonds. The second-order valence-electron chi connectivity index (χ2n) is 10.8. The van der Waals surface area contributed by atoms with Gasteiger partial charge in [-0.1, -0.05) is 30.7 Å². The van der Waals surface area contributed by atoms with E-state index < -0.39 is 0 Å². The summed E-state index contributed by atoms with van der Waals surface area (Å²) in [6.07, 6.45) is 5.29. The van der Waals surface area contributed by atoms with E-state index in [4.69, 9.17) is 27.0 Å². The largest absolute Gasteiger partial charge is 0.390 e. The molecular weight excluding hydrogens is 530 g/mol. The molecule has 12 heteroatoms. The van der Waals surface area contributed by atoms with Gasteiger partial charge in [-0.15, -0.1) is 0 Å². The summed E-state index contributed by atoms with van der Waals surface area (Å²) in [7, 11) is 1.71. The first-order valence-electron chi connectivity index (χ1n) is 13.2. The number of aliphatic hydroxyl groups excluding tert-OH is 1. The van der Waals surface area contributed by atoms with Crippen molar-refractivity contribution in [1.29, 1.82) is 5.41 Å². The predicted molar refractivity (Wildman–Crippen MR) is 155 cm³/mol. The first kappa shape index (κ1) is 26.1. The van der Waals surface area contributed by atoms with Crippen molar-refractivity contribution in [1.82, 2.24) is 25.1 Å². The lowest BCUT2D eigenvalue weighted by Crippen LogP contribution is -2.45. The fraction of sp³-hybridized carbons (Fsp3) is 0.357. The number of likely N-dealkylation sites (N-methyl/N-ethyl adjacent to an activating group) is 1. The summed E-state index contributed by atoms with van der Waals surface area (Å²) in [5.74, 6) is 1.05. The van der Waals surface area contributed by atoms with E-state index in [1.54, 1.807) is 24.3 Å². The minimum Gasteiger partial charge on any atom is -0.390 e. The second kappa shape index (κ2) is 9.83. The van der Waals surface area contributed by atoms with Gasteiger partial charge in [0.15, 0.2) is 11.5 Å². The zero-order chi connectivity index (χ0) is 28.2. The van der Waals surface area contributed by atoms with Crippen LogP contribution in [0, 0.1) is 17.7 Å². The number of pyridine rings is 1. The van der Waals surface area contributed by atoms with Crippen LogP contribution >= 0.6 is 11.6 Å². The summed E-state index contributed by atoms with van der Waals surface area (Å²) in [5, 5.41) is 30.1. The van der Waals surface area contributed by atoms with Crippen molar-refractivity contribution in [3.05, 3.63) is 52.4 Å². The number of carbonyl (C=O) groups excluding carboxylic acids is 1. The van der Waals surface area contributed by atoms with Crippen LogP contribution in [0.5, 0.6) is 0 Å². The maximum absolute atomic E-state index is 12.2. The smallest absolute Gasteiger partial charge is 0.231 e. The van der Waals surface area contributed by atoms with Crippen molar-refractivity contribution in [3.63, 3.8) is 0 Å². The minimum atomic E-state index is -0.336. The standard InChI is InChI=1S/C28H30ClN9O2/c1-15-10-17(13-31-12-15)32-27(30)28(2)6-8-38(9-7-28)26-19(14-39)33-23-22(35-36-25(23)34-26)18-5-4-16-11-20(40)37(3)24(16)21(18)29/h4-5,10,12-13,39H,6-9,11,14H2,1-3H3,(H2,30,32)(H,34,35,36). The highest BCUT2D eigenvalue weighted by molar-refractivity contribution is 6.37. The van der Waals surface area contributed by atoms with E-state index in [0.29, 0.717) is 70.0 Å². The number of piperidine rings is 1. The van der Waals surface area contributed by atoms with E-state index in [1.165, 1.54) is 0 Å². The highest BCUT2D eigenvalue weighted by Crippen LogP contribution is 2.42. The number of halogens is 1. The van der Waals surface area contributed by atoms with Crippen LogP contribution in [0.15, 0.2) is 30.6 Å². The van der Waals surface area contributed by atoms with E-state index in [9.17, 15) is 9.90 Å². The van der Waals surface area contributed by atoms with Crippen molar-refractivity contribution >= 4 is 51.7 Å². The molecule has 0 aliphatic carbocycles. The van der Waals surface area contributed by atoms with Crippen molar-refractivity contribution in [2.24, 2.45) is 5.41 Å². The number of H-pyrrole nitrogens is 1. The van der Waals surface area contributed by atoms with Crippen molar-refractivity contribution < 1.29 is 9.90 Å². The molecule has 40 heavy (non-hydrogen) atoms. The third-order valence-corrected chi connectivity index (χ3v) is 8.40. The molecule has 0 saturated carbocycles. The summed E-state index contributed by atoms with van der Waals surface area (Å²) in [5.41, 5.74) is 5.65. The lowest BCUT2D eigenvalue weighted by molar-refractivity contribution is -0.117. The number of aromatic nitrogens is 5. The molecule has 11 nitrogen and oxygen atoms in total. The van der Waals surface area contributed by atoms with Gasteiger partial charge < -0.3 is 20.2 Å². The molecule has 4 aromatic rings. The number of nitrogens with one attached hydrogen (secondary N) is 3. The normalized spacial score (nSPS) is 16.5. The number of hydrogen-bond acceptors (Lipinski definition) is 8. The van der Waals surface area contributed by atoms with Gasteiger partial charge in [0.1, 0.15) is 22.7 Å². The van der Waals surface area contributed by atoms with Crippen molar-refractivity contribution in [3.8, 4) is 11.3 Å². The maximum Gasteiger partial charge on any atom is 0.231 e. The number of carbonyl (C=O) groups is 1. The summed E-state index contributed by atoms with van der Waals surface area (Å²) in [4.78, 5) is 29.7. The van der Waals surface area contributed by atoms with Crippen LogP contribution in [0.4, 0.5) is 17.2 Å². The second-order valence-corrected chi connectivity index (χ2v) is 11.2. The number of rotatable bonds is 5. The maximum atomic E-state index is 12.2. The molecule has 6 rings (SSSR count). The van der Waals surface area contributed by atoms with Crippen LogP contribution in [0.2, 0.25) is 5.02 Å². The van der Waals surface area contributed by atoms with Crippen LogP contribution in [-0.2, 0) is 17.8 Å². The van der Waals surface area contributed by atoms with Gasteiger partial charge in [-0.2, -0.15) is 5.10 Å². The Morgan fingerprint density at radius 3 is 2.75 bits per heavy atom. The summed E-state index contributed by atoms with van der Waals surface area (Å²) >= 11 is 6.76. The average Bonchev–Trinajstić information content (AvgIpc) is 3.48. The fourth-order valence-corrected chi connectivity index (χ4v) is 5.89. The number of benzene rings is 1. The number of hydrogen-bond donors (Lipinski definition) is 4. The first-order valence-corrected chi connectivity index (χ1v) is 13.5. The zero-order valence-corrected chi connectivity index (χ0v) is 23.3. The van der Waals surface area contributed by atoms with Gasteiger partial charge in [0.2, 0.25) is 5.91 Å². The van der Waals surface area contributed by atoms with E-state index in [2.05, 4.69) is 32.3 Å². The van der Waals surface area contributed by atoms with Crippen molar-refractivity contribution in [2.75, 3.05) is 35.3 Å². The van der Waals surface area contributed by atoms with E-state index in [-0.39, 0.29) is 17.9 Å². The summed E-state index contributed by atoms with van der Waals surface area (Å²) < 4.78 is 0. The van der Waals surface area contributed by atoms with Gasteiger partial charge in [0, 0.05) is 37.3 Å². The van der Waals surface area contributed by atoms with Crippen LogP contribution in [0.3, 0.4) is 0 Å². The molecule has 1 aromatic carbocycles. The molecule has 206 valence electrons. The van der Waals surface area contributed by atoms with Crippen molar-refractivity contribution in [2.45, 2.75) is 39.7 Å². The van der Waals surface area contributed by atoms with Gasteiger partial charge in [-0.3, -0.25) is 20.3 Å². The van der Waals surface area contributed by atoms with E-state index >= 15 is 0 Å². The number of aromatic amines is 1. The van der Waals surface area contributed by atoms with E-state index in [0.717, 1.165) is 29.7 Å². The Balaban J connectivity index is 1.25. The molecule has 1 fully saturated rings.